The van der Waals surface area contributed by atoms with E-state index in [1.165, 1.54) is 0 Å². The molecule has 8 nitrogen and oxygen atoms in total. The Morgan fingerprint density at radius 1 is 0.970 bits per heavy atom. The summed E-state index contributed by atoms with van der Waals surface area (Å²) in [5, 5.41) is 5.39. The molecule has 0 aliphatic carbocycles. The molecule has 0 unspecified atom stereocenters. The Morgan fingerprint density at radius 2 is 1.70 bits per heavy atom. The van der Waals surface area contributed by atoms with Gasteiger partial charge in [0.1, 0.15) is 5.82 Å². The van der Waals surface area contributed by atoms with Crippen LogP contribution in [0.25, 0.3) is 11.1 Å². The molecule has 0 aliphatic heterocycles. The van der Waals surface area contributed by atoms with Crippen molar-refractivity contribution >= 4 is 23.5 Å². The van der Waals surface area contributed by atoms with Gasteiger partial charge in [-0.2, -0.15) is 13.2 Å². The van der Waals surface area contributed by atoms with E-state index in [0.717, 1.165) is 29.5 Å². The smallest absolute Gasteiger partial charge is 0.338 e. The molecular formula is C22H18F3N7O. The van der Waals surface area contributed by atoms with Crippen molar-refractivity contribution in [2.45, 2.75) is 12.6 Å². The molecule has 33 heavy (non-hydrogen) atoms. The molecule has 0 saturated carbocycles. The Balaban J connectivity index is 1.36. The lowest BCUT2D eigenvalue weighted by Gasteiger charge is -2.09. The normalized spacial score (nSPS) is 11.3. The van der Waals surface area contributed by atoms with Gasteiger partial charge in [-0.1, -0.05) is 24.3 Å². The highest BCUT2D eigenvalue weighted by Crippen LogP contribution is 2.30. The summed E-state index contributed by atoms with van der Waals surface area (Å²) in [6.07, 6.45) is 3.28. The number of aryl methyl sites for hydroxylation is 1. The first-order valence-corrected chi connectivity index (χ1v) is 9.76. The summed E-state index contributed by atoms with van der Waals surface area (Å²) >= 11 is 0. The van der Waals surface area contributed by atoms with Crippen molar-refractivity contribution in [1.29, 1.82) is 0 Å². The van der Waals surface area contributed by atoms with Crippen molar-refractivity contribution in [2.75, 3.05) is 10.6 Å². The van der Waals surface area contributed by atoms with Gasteiger partial charge < -0.3 is 15.2 Å². The number of imidazole rings is 1. The van der Waals surface area contributed by atoms with Gasteiger partial charge in [0.05, 0.1) is 18.3 Å². The van der Waals surface area contributed by atoms with Gasteiger partial charge in [0, 0.05) is 37.4 Å². The molecule has 0 atom stereocenters. The van der Waals surface area contributed by atoms with Gasteiger partial charge in [-0.25, -0.2) is 19.9 Å². The third-order valence-electron chi connectivity index (χ3n) is 4.60. The fourth-order valence-corrected chi connectivity index (χ4v) is 3.00. The highest BCUT2D eigenvalue weighted by atomic mass is 19.4. The number of anilines is 3. The van der Waals surface area contributed by atoms with Crippen LogP contribution in [0.2, 0.25) is 0 Å². The van der Waals surface area contributed by atoms with Crippen LogP contribution in [0.4, 0.5) is 30.8 Å². The molecule has 4 rings (SSSR count). The summed E-state index contributed by atoms with van der Waals surface area (Å²) in [7, 11) is 1.86. The van der Waals surface area contributed by atoms with Crippen LogP contribution in [0, 0.1) is 0 Å². The van der Waals surface area contributed by atoms with Crippen LogP contribution in [-0.2, 0) is 24.4 Å². The van der Waals surface area contributed by atoms with Crippen LogP contribution in [0.5, 0.6) is 0 Å². The van der Waals surface area contributed by atoms with Crippen LogP contribution in [0.15, 0.2) is 67.5 Å². The maximum absolute atomic E-state index is 12.8. The lowest BCUT2D eigenvalue weighted by atomic mass is 10.1. The zero-order valence-corrected chi connectivity index (χ0v) is 17.3. The topological polar surface area (TPSA) is 97.6 Å². The summed E-state index contributed by atoms with van der Waals surface area (Å²) in [5.74, 6) is 0.424. The van der Waals surface area contributed by atoms with Crippen molar-refractivity contribution in [2.24, 2.45) is 7.05 Å². The molecule has 168 valence electrons. The SMILES string of the molecule is Cn1cnc(Nc2ncc(-c3ccc(CC(=O)Nc4cc(C(F)(F)F)ccn4)cc3)cn2)c1. The van der Waals surface area contributed by atoms with E-state index in [9.17, 15) is 18.0 Å². The highest BCUT2D eigenvalue weighted by Gasteiger charge is 2.30. The van der Waals surface area contributed by atoms with Gasteiger partial charge >= 0.3 is 6.18 Å². The lowest BCUT2D eigenvalue weighted by Crippen LogP contribution is -2.16. The van der Waals surface area contributed by atoms with Crippen LogP contribution in [0.3, 0.4) is 0 Å². The number of hydrogen-bond acceptors (Lipinski definition) is 6. The molecule has 1 aromatic carbocycles. The number of carbonyl (C=O) groups excluding carboxylic acids is 1. The maximum Gasteiger partial charge on any atom is 0.416 e. The second kappa shape index (κ2) is 9.07. The van der Waals surface area contributed by atoms with E-state index in [0.29, 0.717) is 17.3 Å². The number of rotatable bonds is 6. The molecule has 0 bridgehead atoms. The summed E-state index contributed by atoms with van der Waals surface area (Å²) in [6.45, 7) is 0. The van der Waals surface area contributed by atoms with Gasteiger partial charge in [0.2, 0.25) is 11.9 Å². The lowest BCUT2D eigenvalue weighted by molar-refractivity contribution is -0.137. The van der Waals surface area contributed by atoms with Crippen LogP contribution < -0.4 is 10.6 Å². The Bertz CT molecular complexity index is 1250. The molecule has 0 saturated heterocycles. The summed E-state index contributed by atoms with van der Waals surface area (Å²) in [4.78, 5) is 28.7. The van der Waals surface area contributed by atoms with Crippen LogP contribution in [0.1, 0.15) is 11.1 Å². The van der Waals surface area contributed by atoms with Gasteiger partial charge in [-0.3, -0.25) is 4.79 Å². The van der Waals surface area contributed by atoms with E-state index in [1.807, 2.05) is 19.2 Å². The molecule has 4 aromatic rings. The van der Waals surface area contributed by atoms with E-state index in [2.05, 4.69) is 30.6 Å². The van der Waals surface area contributed by atoms with Gasteiger partial charge in [0.25, 0.3) is 0 Å². The van der Waals surface area contributed by atoms with Crippen molar-refractivity contribution < 1.29 is 18.0 Å². The minimum absolute atomic E-state index is 0.0123. The number of hydrogen-bond donors (Lipinski definition) is 2. The van der Waals surface area contributed by atoms with Gasteiger partial charge in [0.15, 0.2) is 5.82 Å². The molecule has 0 radical (unpaired) electrons. The van der Waals surface area contributed by atoms with Crippen molar-refractivity contribution in [3.8, 4) is 11.1 Å². The third-order valence-corrected chi connectivity index (χ3v) is 4.60. The third kappa shape index (κ3) is 5.70. The quantitative estimate of drug-likeness (QED) is 0.454. The standard InChI is InChI=1S/C22H18F3N7O/c1-32-12-19(29-13-32)31-21-27-10-16(11-28-21)15-4-2-14(3-5-15)8-20(33)30-18-9-17(6-7-26-18)22(23,24)25/h2-7,9-13H,8H2,1H3,(H,26,30,33)(H,27,28,31). The predicted molar refractivity (Wildman–Crippen MR) is 116 cm³/mol. The van der Waals surface area contributed by atoms with Gasteiger partial charge in [-0.05, 0) is 23.3 Å². The Kier molecular flexibility index (Phi) is 6.03. The number of carbonyl (C=O) groups is 1. The number of amides is 1. The first-order valence-electron chi connectivity index (χ1n) is 9.76. The molecule has 2 N–H and O–H groups in total. The van der Waals surface area contributed by atoms with Crippen LogP contribution in [-0.4, -0.2) is 30.4 Å². The fraction of sp³-hybridized carbons (Fsp3) is 0.136. The molecule has 3 aromatic heterocycles. The molecular weight excluding hydrogens is 435 g/mol. The first kappa shape index (κ1) is 21.9. The number of pyridine rings is 1. The molecule has 3 heterocycles. The molecule has 1 amide bonds. The predicted octanol–water partition coefficient (Wildman–Crippen LogP) is 4.22. The zero-order chi connectivity index (χ0) is 23.4. The number of alkyl halides is 3. The van der Waals surface area contributed by atoms with E-state index in [1.54, 1.807) is 41.6 Å². The zero-order valence-electron chi connectivity index (χ0n) is 17.3. The second-order valence-corrected chi connectivity index (χ2v) is 7.19. The number of nitrogens with one attached hydrogen (secondary N) is 2. The van der Waals surface area contributed by atoms with Crippen molar-refractivity contribution in [3.05, 3.63) is 78.6 Å². The van der Waals surface area contributed by atoms with E-state index >= 15 is 0 Å². The largest absolute Gasteiger partial charge is 0.416 e. The van der Waals surface area contributed by atoms with E-state index in [-0.39, 0.29) is 12.2 Å². The second-order valence-electron chi connectivity index (χ2n) is 7.19. The first-order chi connectivity index (χ1) is 15.8. The maximum atomic E-state index is 12.8. The van der Waals surface area contributed by atoms with Crippen molar-refractivity contribution in [1.82, 2.24) is 24.5 Å². The fourth-order valence-electron chi connectivity index (χ4n) is 3.00. The number of benzene rings is 1. The molecule has 0 fully saturated rings. The van der Waals surface area contributed by atoms with E-state index < -0.39 is 17.6 Å². The molecule has 0 spiro atoms. The minimum Gasteiger partial charge on any atom is -0.338 e. The van der Waals surface area contributed by atoms with Gasteiger partial charge in [-0.15, -0.1) is 0 Å². The molecule has 0 aliphatic rings. The average Bonchev–Trinajstić information content (AvgIpc) is 3.19. The minimum atomic E-state index is -4.51. The highest BCUT2D eigenvalue weighted by molar-refractivity contribution is 5.91. The average molecular weight is 453 g/mol. The Labute approximate surface area is 186 Å². The van der Waals surface area contributed by atoms with Crippen molar-refractivity contribution in [3.63, 3.8) is 0 Å². The summed E-state index contributed by atoms with van der Waals surface area (Å²) < 4.78 is 40.2. The Morgan fingerprint density at radius 3 is 2.33 bits per heavy atom. The summed E-state index contributed by atoms with van der Waals surface area (Å²) in [6, 6.07) is 8.79. The number of nitrogens with zero attached hydrogens (tertiary/aromatic N) is 5. The number of aromatic nitrogens is 5. The van der Waals surface area contributed by atoms with E-state index in [4.69, 9.17) is 0 Å². The monoisotopic (exact) mass is 453 g/mol. The Hall–Kier alpha value is -4.28. The summed E-state index contributed by atoms with van der Waals surface area (Å²) in [5.41, 5.74) is 1.45. The molecule has 11 heteroatoms. The van der Waals surface area contributed by atoms with Crippen LogP contribution >= 0.6 is 0 Å². The number of halogens is 3.